The number of carbonyl (C=O) groups excluding carboxylic acids is 1. The van der Waals surface area contributed by atoms with E-state index in [2.05, 4.69) is 30.3 Å². The van der Waals surface area contributed by atoms with Gasteiger partial charge in [0.05, 0.1) is 5.41 Å². The first-order chi connectivity index (χ1) is 9.74. The first kappa shape index (κ1) is 13.7. The molecular weight excluding hydrogens is 246 g/mol. The van der Waals surface area contributed by atoms with Crippen LogP contribution in [0, 0.1) is 11.3 Å². The zero-order valence-electron chi connectivity index (χ0n) is 12.2. The fraction of sp³-hybridized carbons (Fsp3) is 0.611. The minimum Gasteiger partial charge on any atom is -0.369 e. The number of hydrogen-bond acceptors (Lipinski definition) is 1. The zero-order chi connectivity index (χ0) is 14.0. The average molecular weight is 271 g/mol. The van der Waals surface area contributed by atoms with Crippen molar-refractivity contribution < 1.29 is 4.79 Å². The van der Waals surface area contributed by atoms with Gasteiger partial charge in [0.25, 0.3) is 0 Å². The van der Waals surface area contributed by atoms with E-state index in [0.29, 0.717) is 11.8 Å². The fourth-order valence-corrected chi connectivity index (χ4v) is 4.70. The van der Waals surface area contributed by atoms with Crippen molar-refractivity contribution in [3.63, 3.8) is 0 Å². The molecule has 2 saturated carbocycles. The van der Waals surface area contributed by atoms with E-state index < -0.39 is 0 Å². The molecule has 2 heteroatoms. The van der Waals surface area contributed by atoms with Crippen molar-refractivity contribution in [1.82, 2.24) is 0 Å². The molecular formula is C18H25NO. The molecule has 1 aromatic carbocycles. The van der Waals surface area contributed by atoms with Crippen molar-refractivity contribution in [2.45, 2.75) is 57.3 Å². The Morgan fingerprint density at radius 2 is 1.70 bits per heavy atom. The van der Waals surface area contributed by atoms with E-state index in [4.69, 9.17) is 5.73 Å². The molecule has 1 aromatic rings. The van der Waals surface area contributed by atoms with Gasteiger partial charge >= 0.3 is 0 Å². The molecule has 20 heavy (non-hydrogen) atoms. The number of rotatable bonds is 3. The van der Waals surface area contributed by atoms with Crippen LogP contribution >= 0.6 is 0 Å². The van der Waals surface area contributed by atoms with Crippen LogP contribution in [0.4, 0.5) is 0 Å². The molecule has 0 bridgehead atoms. The van der Waals surface area contributed by atoms with E-state index >= 15 is 0 Å². The summed E-state index contributed by atoms with van der Waals surface area (Å²) in [7, 11) is 0. The first-order valence-electron chi connectivity index (χ1n) is 8.09. The smallest absolute Gasteiger partial charge is 0.223 e. The lowest BCUT2D eigenvalue weighted by molar-refractivity contribution is -0.133. The molecule has 2 aliphatic carbocycles. The Hall–Kier alpha value is -1.31. The molecule has 108 valence electrons. The van der Waals surface area contributed by atoms with Crippen molar-refractivity contribution in [1.29, 1.82) is 0 Å². The third-order valence-corrected chi connectivity index (χ3v) is 5.69. The van der Waals surface area contributed by atoms with E-state index in [0.717, 1.165) is 12.8 Å². The minimum absolute atomic E-state index is 0.0370. The van der Waals surface area contributed by atoms with Crippen LogP contribution in [0.15, 0.2) is 30.3 Å². The van der Waals surface area contributed by atoms with Gasteiger partial charge in [0.2, 0.25) is 5.91 Å². The van der Waals surface area contributed by atoms with Crippen LogP contribution in [0.25, 0.3) is 0 Å². The second kappa shape index (κ2) is 5.59. The SMILES string of the molecule is NC(=O)C1([C@H]2CCC[C@H]2c2ccccc2)CCCCC1. The molecule has 2 atom stereocenters. The van der Waals surface area contributed by atoms with E-state index in [1.54, 1.807) is 0 Å². The summed E-state index contributed by atoms with van der Waals surface area (Å²) < 4.78 is 0. The average Bonchev–Trinajstić information content (AvgIpc) is 2.98. The number of hydrogen-bond donors (Lipinski definition) is 1. The normalized spacial score (nSPS) is 29.2. The van der Waals surface area contributed by atoms with E-state index in [-0.39, 0.29) is 11.3 Å². The predicted molar refractivity (Wildman–Crippen MR) is 81.2 cm³/mol. The maximum absolute atomic E-state index is 12.3. The minimum atomic E-state index is -0.227. The lowest BCUT2D eigenvalue weighted by Crippen LogP contribution is -2.45. The molecule has 2 aliphatic rings. The Labute approximate surface area is 121 Å². The molecule has 1 amide bonds. The molecule has 0 heterocycles. The van der Waals surface area contributed by atoms with Gasteiger partial charge in [0.15, 0.2) is 0 Å². The van der Waals surface area contributed by atoms with Crippen LogP contribution < -0.4 is 5.73 Å². The van der Waals surface area contributed by atoms with Crippen LogP contribution in [-0.4, -0.2) is 5.91 Å². The van der Waals surface area contributed by atoms with Gasteiger partial charge in [-0.15, -0.1) is 0 Å². The predicted octanol–water partition coefficient (Wildman–Crippen LogP) is 4.01. The number of benzene rings is 1. The molecule has 0 spiro atoms. The molecule has 0 radical (unpaired) electrons. The lowest BCUT2D eigenvalue weighted by atomic mass is 9.61. The number of primary amides is 1. The van der Waals surface area contributed by atoms with Crippen molar-refractivity contribution >= 4 is 5.91 Å². The number of carbonyl (C=O) groups is 1. The molecule has 2 N–H and O–H groups in total. The zero-order valence-corrected chi connectivity index (χ0v) is 12.2. The Bertz CT molecular complexity index is 462. The second-order valence-electron chi connectivity index (χ2n) is 6.64. The molecule has 2 fully saturated rings. The van der Waals surface area contributed by atoms with Gasteiger partial charge < -0.3 is 5.73 Å². The molecule has 0 aromatic heterocycles. The Morgan fingerprint density at radius 3 is 2.35 bits per heavy atom. The Morgan fingerprint density at radius 1 is 1.00 bits per heavy atom. The van der Waals surface area contributed by atoms with Crippen LogP contribution in [0.1, 0.15) is 62.8 Å². The van der Waals surface area contributed by atoms with Gasteiger partial charge in [0, 0.05) is 0 Å². The van der Waals surface area contributed by atoms with E-state index in [1.807, 2.05) is 0 Å². The summed E-state index contributed by atoms with van der Waals surface area (Å²) >= 11 is 0. The highest BCUT2D eigenvalue weighted by Gasteiger charge is 2.49. The van der Waals surface area contributed by atoms with Crippen LogP contribution in [0.2, 0.25) is 0 Å². The number of nitrogens with two attached hydrogens (primary N) is 1. The highest BCUT2D eigenvalue weighted by Crippen LogP contribution is 2.54. The number of amides is 1. The topological polar surface area (TPSA) is 43.1 Å². The largest absolute Gasteiger partial charge is 0.369 e. The Kier molecular flexibility index (Phi) is 3.82. The lowest BCUT2D eigenvalue weighted by Gasteiger charge is -2.42. The van der Waals surface area contributed by atoms with E-state index in [1.165, 1.54) is 44.1 Å². The molecule has 3 rings (SSSR count). The molecule has 2 nitrogen and oxygen atoms in total. The highest BCUT2D eigenvalue weighted by molar-refractivity contribution is 5.81. The molecule has 0 aliphatic heterocycles. The maximum Gasteiger partial charge on any atom is 0.223 e. The summed E-state index contributed by atoms with van der Waals surface area (Å²) in [6.45, 7) is 0. The third kappa shape index (κ3) is 2.25. The second-order valence-corrected chi connectivity index (χ2v) is 6.64. The van der Waals surface area contributed by atoms with Crippen LogP contribution in [-0.2, 0) is 4.79 Å². The maximum atomic E-state index is 12.3. The fourth-order valence-electron chi connectivity index (χ4n) is 4.70. The monoisotopic (exact) mass is 271 g/mol. The van der Waals surface area contributed by atoms with Crippen LogP contribution in [0.5, 0.6) is 0 Å². The standard InChI is InChI=1S/C18H25NO/c19-17(20)18(12-5-2-6-13-18)16-11-7-10-15(16)14-8-3-1-4-9-14/h1,3-4,8-9,15-16H,2,5-7,10-13H2,(H2,19,20)/t15-,16-/m0/s1. The summed E-state index contributed by atoms with van der Waals surface area (Å²) in [6, 6.07) is 10.7. The summed E-state index contributed by atoms with van der Waals surface area (Å²) in [4.78, 5) is 12.3. The van der Waals surface area contributed by atoms with Gasteiger partial charge in [-0.2, -0.15) is 0 Å². The summed E-state index contributed by atoms with van der Waals surface area (Å²) in [5.74, 6) is 0.953. The summed E-state index contributed by atoms with van der Waals surface area (Å²) in [5.41, 5.74) is 7.06. The van der Waals surface area contributed by atoms with Crippen molar-refractivity contribution in [2.75, 3.05) is 0 Å². The van der Waals surface area contributed by atoms with Gasteiger partial charge in [-0.05, 0) is 43.1 Å². The summed E-state index contributed by atoms with van der Waals surface area (Å²) in [6.07, 6.45) is 9.23. The van der Waals surface area contributed by atoms with Crippen molar-refractivity contribution in [3.05, 3.63) is 35.9 Å². The first-order valence-corrected chi connectivity index (χ1v) is 8.09. The van der Waals surface area contributed by atoms with Gasteiger partial charge in [-0.3, -0.25) is 4.79 Å². The Balaban J connectivity index is 1.92. The van der Waals surface area contributed by atoms with Gasteiger partial charge in [-0.25, -0.2) is 0 Å². The molecule has 0 saturated heterocycles. The third-order valence-electron chi connectivity index (χ3n) is 5.69. The van der Waals surface area contributed by atoms with Crippen molar-refractivity contribution in [2.24, 2.45) is 17.1 Å². The summed E-state index contributed by atoms with van der Waals surface area (Å²) in [5, 5.41) is 0. The highest BCUT2D eigenvalue weighted by atomic mass is 16.1. The van der Waals surface area contributed by atoms with Crippen LogP contribution in [0.3, 0.4) is 0 Å². The van der Waals surface area contributed by atoms with Gasteiger partial charge in [-0.1, -0.05) is 56.0 Å². The quantitative estimate of drug-likeness (QED) is 0.887. The molecule has 0 unspecified atom stereocenters. The van der Waals surface area contributed by atoms with E-state index in [9.17, 15) is 4.79 Å². The van der Waals surface area contributed by atoms with Crippen molar-refractivity contribution in [3.8, 4) is 0 Å². The van der Waals surface area contributed by atoms with Gasteiger partial charge in [0.1, 0.15) is 0 Å².